The Balaban J connectivity index is 2.11. The number of rotatable bonds is 3. The molecule has 0 amide bonds. The van der Waals surface area contributed by atoms with Gasteiger partial charge in [0.05, 0.1) is 5.69 Å². The van der Waals surface area contributed by atoms with Crippen LogP contribution >= 0.6 is 0 Å². The normalized spacial score (nSPS) is 21.5. The number of aliphatic carboxylic acids is 1. The van der Waals surface area contributed by atoms with Gasteiger partial charge in [-0.2, -0.15) is 0 Å². The van der Waals surface area contributed by atoms with Gasteiger partial charge in [0.15, 0.2) is 0 Å². The van der Waals surface area contributed by atoms with Gasteiger partial charge in [0, 0.05) is 12.2 Å². The number of hydrogen-bond donors (Lipinski definition) is 1. The second kappa shape index (κ2) is 5.96. The van der Waals surface area contributed by atoms with Crippen LogP contribution in [0.1, 0.15) is 37.1 Å². The van der Waals surface area contributed by atoms with Gasteiger partial charge >= 0.3 is 5.97 Å². The van der Waals surface area contributed by atoms with E-state index in [1.54, 1.807) is 0 Å². The highest BCUT2D eigenvalue weighted by Gasteiger charge is 2.27. The molecule has 1 aliphatic rings. The highest BCUT2D eigenvalue weighted by atomic mass is 16.4. The second-order valence-electron chi connectivity index (χ2n) is 4.94. The Bertz CT molecular complexity index is 420. The first-order chi connectivity index (χ1) is 8.66. The molecule has 1 unspecified atom stereocenters. The summed E-state index contributed by atoms with van der Waals surface area (Å²) in [6.45, 7) is 3.45. The molecule has 1 aromatic rings. The Hall–Kier alpha value is -1.42. The summed E-state index contributed by atoms with van der Waals surface area (Å²) >= 11 is 0. The van der Waals surface area contributed by atoms with Crippen LogP contribution in [0.3, 0.4) is 0 Å². The van der Waals surface area contributed by atoms with E-state index in [1.165, 1.54) is 0 Å². The van der Waals surface area contributed by atoms with Crippen LogP contribution in [0.15, 0.2) is 18.2 Å². The lowest BCUT2D eigenvalue weighted by Crippen LogP contribution is -2.40. The molecule has 0 bridgehead atoms. The maximum Gasteiger partial charge on any atom is 0.320 e. The van der Waals surface area contributed by atoms with E-state index in [-0.39, 0.29) is 6.04 Å². The van der Waals surface area contributed by atoms with Crippen molar-refractivity contribution < 1.29 is 9.90 Å². The van der Waals surface area contributed by atoms with Crippen molar-refractivity contribution in [2.45, 2.75) is 45.2 Å². The lowest BCUT2D eigenvalue weighted by Gasteiger charge is -2.26. The molecule has 0 radical (unpaired) electrons. The zero-order valence-corrected chi connectivity index (χ0v) is 10.8. The third-order valence-corrected chi connectivity index (χ3v) is 3.46. The summed E-state index contributed by atoms with van der Waals surface area (Å²) in [7, 11) is 0. The Labute approximate surface area is 108 Å². The van der Waals surface area contributed by atoms with Crippen LogP contribution in [0.2, 0.25) is 0 Å². The average Bonchev–Trinajstić information content (AvgIpc) is 2.54. The fraction of sp³-hybridized carbons (Fsp3) is 0.571. The van der Waals surface area contributed by atoms with Gasteiger partial charge in [-0.05, 0) is 38.4 Å². The third-order valence-electron chi connectivity index (χ3n) is 3.46. The molecule has 0 aromatic carbocycles. The van der Waals surface area contributed by atoms with Crippen molar-refractivity contribution in [3.05, 3.63) is 29.6 Å². The number of hydrogen-bond acceptors (Lipinski definition) is 3. The molecule has 1 aromatic heterocycles. The standard InChI is InChI=1S/C14H20N2O2/c1-11-6-5-7-12(15-11)10-16-9-4-2-3-8-13(16)14(17)18/h5-7,13H,2-4,8-10H2,1H3,(H,17,18). The Kier molecular flexibility index (Phi) is 4.31. The first-order valence-electron chi connectivity index (χ1n) is 6.56. The van der Waals surface area contributed by atoms with Crippen LogP contribution < -0.4 is 0 Å². The van der Waals surface area contributed by atoms with Crippen LogP contribution in [-0.4, -0.2) is 33.5 Å². The highest BCUT2D eigenvalue weighted by molar-refractivity contribution is 5.73. The van der Waals surface area contributed by atoms with E-state index in [9.17, 15) is 9.90 Å². The number of nitrogens with zero attached hydrogens (tertiary/aromatic N) is 2. The van der Waals surface area contributed by atoms with Gasteiger partial charge in [0.1, 0.15) is 6.04 Å². The van der Waals surface area contributed by atoms with Gasteiger partial charge in [0.25, 0.3) is 0 Å². The summed E-state index contributed by atoms with van der Waals surface area (Å²) in [5.41, 5.74) is 1.94. The number of aryl methyl sites for hydroxylation is 1. The van der Waals surface area contributed by atoms with E-state index in [1.807, 2.05) is 25.1 Å². The van der Waals surface area contributed by atoms with Gasteiger partial charge in [-0.15, -0.1) is 0 Å². The summed E-state index contributed by atoms with van der Waals surface area (Å²) in [5.74, 6) is -0.704. The van der Waals surface area contributed by atoms with Crippen LogP contribution in [0.5, 0.6) is 0 Å². The fourth-order valence-electron chi connectivity index (χ4n) is 2.53. The van der Waals surface area contributed by atoms with Crippen LogP contribution in [0.4, 0.5) is 0 Å². The molecule has 4 nitrogen and oxygen atoms in total. The van der Waals surface area contributed by atoms with E-state index >= 15 is 0 Å². The Morgan fingerprint density at radius 2 is 2.28 bits per heavy atom. The molecule has 1 atom stereocenters. The number of carboxylic acid groups (broad SMARTS) is 1. The molecular weight excluding hydrogens is 228 g/mol. The monoisotopic (exact) mass is 248 g/mol. The summed E-state index contributed by atoms with van der Waals surface area (Å²) in [6, 6.07) is 5.55. The van der Waals surface area contributed by atoms with Crippen LogP contribution in [-0.2, 0) is 11.3 Å². The molecule has 2 rings (SSSR count). The zero-order chi connectivity index (χ0) is 13.0. The van der Waals surface area contributed by atoms with E-state index in [0.717, 1.165) is 43.6 Å². The fourth-order valence-corrected chi connectivity index (χ4v) is 2.53. The molecule has 0 aliphatic carbocycles. The number of pyridine rings is 1. The Morgan fingerprint density at radius 1 is 1.44 bits per heavy atom. The highest BCUT2D eigenvalue weighted by Crippen LogP contribution is 2.19. The molecule has 98 valence electrons. The minimum atomic E-state index is -0.704. The van der Waals surface area contributed by atoms with Crippen LogP contribution in [0, 0.1) is 6.92 Å². The number of carboxylic acids is 1. The SMILES string of the molecule is Cc1cccc(CN2CCCCCC2C(=O)O)n1. The van der Waals surface area contributed by atoms with Gasteiger partial charge < -0.3 is 5.11 Å². The largest absolute Gasteiger partial charge is 0.480 e. The quantitative estimate of drug-likeness (QED) is 0.891. The van der Waals surface area contributed by atoms with Crippen molar-refractivity contribution >= 4 is 5.97 Å². The van der Waals surface area contributed by atoms with E-state index in [0.29, 0.717) is 6.54 Å². The van der Waals surface area contributed by atoms with Crippen molar-refractivity contribution in [3.63, 3.8) is 0 Å². The first-order valence-corrected chi connectivity index (χ1v) is 6.56. The molecule has 0 saturated carbocycles. The maximum atomic E-state index is 11.3. The molecule has 2 heterocycles. The van der Waals surface area contributed by atoms with Crippen molar-refractivity contribution in [1.29, 1.82) is 0 Å². The second-order valence-corrected chi connectivity index (χ2v) is 4.94. The van der Waals surface area contributed by atoms with Crippen molar-refractivity contribution in [2.75, 3.05) is 6.54 Å². The molecule has 0 spiro atoms. The van der Waals surface area contributed by atoms with Crippen molar-refractivity contribution in [2.24, 2.45) is 0 Å². The van der Waals surface area contributed by atoms with Gasteiger partial charge in [0.2, 0.25) is 0 Å². The molecule has 1 saturated heterocycles. The molecule has 1 N–H and O–H groups in total. The summed E-state index contributed by atoms with van der Waals surface area (Å²) in [6.07, 6.45) is 3.97. The average molecular weight is 248 g/mol. The topological polar surface area (TPSA) is 53.4 Å². The third kappa shape index (κ3) is 3.29. The first kappa shape index (κ1) is 13.0. The molecule has 1 aliphatic heterocycles. The van der Waals surface area contributed by atoms with E-state index in [2.05, 4.69) is 9.88 Å². The predicted molar refractivity (Wildman–Crippen MR) is 69.3 cm³/mol. The molecule has 1 fully saturated rings. The van der Waals surface area contributed by atoms with E-state index in [4.69, 9.17) is 0 Å². The van der Waals surface area contributed by atoms with Crippen molar-refractivity contribution in [1.82, 2.24) is 9.88 Å². The number of likely N-dealkylation sites (tertiary alicyclic amines) is 1. The smallest absolute Gasteiger partial charge is 0.320 e. The predicted octanol–water partition coefficient (Wildman–Crippen LogP) is 2.22. The lowest BCUT2D eigenvalue weighted by atomic mass is 10.1. The zero-order valence-electron chi connectivity index (χ0n) is 10.8. The maximum absolute atomic E-state index is 11.3. The Morgan fingerprint density at radius 3 is 3.00 bits per heavy atom. The summed E-state index contributed by atoms with van der Waals surface area (Å²) in [5, 5.41) is 9.30. The van der Waals surface area contributed by atoms with Crippen LogP contribution in [0.25, 0.3) is 0 Å². The molecular formula is C14H20N2O2. The van der Waals surface area contributed by atoms with Gasteiger partial charge in [-0.1, -0.05) is 18.9 Å². The number of carbonyl (C=O) groups is 1. The number of aromatic nitrogens is 1. The molecule has 4 heteroatoms. The van der Waals surface area contributed by atoms with Gasteiger partial charge in [-0.3, -0.25) is 14.7 Å². The minimum absolute atomic E-state index is 0.352. The molecule has 18 heavy (non-hydrogen) atoms. The van der Waals surface area contributed by atoms with E-state index < -0.39 is 5.97 Å². The van der Waals surface area contributed by atoms with Gasteiger partial charge in [-0.25, -0.2) is 0 Å². The summed E-state index contributed by atoms with van der Waals surface area (Å²) < 4.78 is 0. The lowest BCUT2D eigenvalue weighted by molar-refractivity contribution is -0.143. The minimum Gasteiger partial charge on any atom is -0.480 e. The summed E-state index contributed by atoms with van der Waals surface area (Å²) in [4.78, 5) is 17.8. The van der Waals surface area contributed by atoms with Crippen molar-refractivity contribution in [3.8, 4) is 0 Å².